The number of ether oxygens (including phenoxy) is 1. The Hall–Kier alpha value is -1.35. The van der Waals surface area contributed by atoms with Crippen LogP contribution in [0.5, 0.6) is 0 Å². The molecule has 1 heterocycles. The third-order valence-electron chi connectivity index (χ3n) is 2.66. The van der Waals surface area contributed by atoms with Gasteiger partial charge >= 0.3 is 0 Å². The molecule has 0 aliphatic carbocycles. The summed E-state index contributed by atoms with van der Waals surface area (Å²) in [6, 6.07) is 3.98. The quantitative estimate of drug-likeness (QED) is 0.733. The standard InChI is InChI=1S/C11H13NO2/c1-6-4-5-7(2)9-8(6)10(13)12-11(9)14-3/h4-5,11H,1-3H3,(H,12,13). The van der Waals surface area contributed by atoms with E-state index in [1.807, 2.05) is 26.0 Å². The zero-order valence-electron chi connectivity index (χ0n) is 8.55. The second-order valence-electron chi connectivity index (χ2n) is 3.58. The van der Waals surface area contributed by atoms with Crippen molar-refractivity contribution in [2.45, 2.75) is 20.1 Å². The van der Waals surface area contributed by atoms with E-state index in [0.29, 0.717) is 0 Å². The number of rotatable bonds is 1. The Morgan fingerprint density at radius 3 is 2.57 bits per heavy atom. The summed E-state index contributed by atoms with van der Waals surface area (Å²) >= 11 is 0. The maximum absolute atomic E-state index is 11.6. The van der Waals surface area contributed by atoms with Crippen LogP contribution < -0.4 is 5.32 Å². The second kappa shape index (κ2) is 3.10. The lowest BCUT2D eigenvalue weighted by Crippen LogP contribution is -2.20. The number of carbonyl (C=O) groups excluding carboxylic acids is 1. The van der Waals surface area contributed by atoms with E-state index in [1.165, 1.54) is 0 Å². The third kappa shape index (κ3) is 1.13. The fourth-order valence-electron chi connectivity index (χ4n) is 1.91. The first-order chi connectivity index (χ1) is 6.65. The maximum atomic E-state index is 11.6. The molecule has 1 unspecified atom stereocenters. The minimum absolute atomic E-state index is 0.0342. The highest BCUT2D eigenvalue weighted by Gasteiger charge is 2.31. The van der Waals surface area contributed by atoms with Crippen molar-refractivity contribution in [1.29, 1.82) is 0 Å². The molecule has 14 heavy (non-hydrogen) atoms. The van der Waals surface area contributed by atoms with Gasteiger partial charge in [-0.2, -0.15) is 0 Å². The molecule has 1 amide bonds. The van der Waals surface area contributed by atoms with E-state index < -0.39 is 0 Å². The van der Waals surface area contributed by atoms with Crippen LogP contribution in [0.2, 0.25) is 0 Å². The number of benzene rings is 1. The summed E-state index contributed by atoms with van der Waals surface area (Å²) in [5, 5.41) is 2.79. The first-order valence-corrected chi connectivity index (χ1v) is 4.59. The number of methoxy groups -OCH3 is 1. The molecule has 0 fully saturated rings. The normalized spacial score (nSPS) is 19.4. The van der Waals surface area contributed by atoms with E-state index >= 15 is 0 Å². The molecule has 0 radical (unpaired) electrons. The molecule has 0 saturated carbocycles. The Morgan fingerprint density at radius 2 is 1.93 bits per heavy atom. The van der Waals surface area contributed by atoms with Gasteiger partial charge in [-0.15, -0.1) is 0 Å². The molecule has 0 aromatic heterocycles. The summed E-state index contributed by atoms with van der Waals surface area (Å²) in [4.78, 5) is 11.6. The molecule has 1 aliphatic rings. The molecule has 3 nitrogen and oxygen atoms in total. The average molecular weight is 191 g/mol. The van der Waals surface area contributed by atoms with Gasteiger partial charge in [-0.25, -0.2) is 0 Å². The van der Waals surface area contributed by atoms with Crippen molar-refractivity contribution < 1.29 is 9.53 Å². The molecular formula is C11H13NO2. The first-order valence-electron chi connectivity index (χ1n) is 4.59. The summed E-state index contributed by atoms with van der Waals surface area (Å²) in [5.41, 5.74) is 3.85. The van der Waals surface area contributed by atoms with Crippen LogP contribution in [-0.4, -0.2) is 13.0 Å². The van der Waals surface area contributed by atoms with E-state index in [1.54, 1.807) is 7.11 Å². The average Bonchev–Trinajstić information content (AvgIpc) is 2.50. The SMILES string of the molecule is COC1NC(=O)c2c(C)ccc(C)c21. The molecule has 1 aliphatic heterocycles. The van der Waals surface area contributed by atoms with Crippen molar-refractivity contribution in [2.75, 3.05) is 7.11 Å². The van der Waals surface area contributed by atoms with Gasteiger partial charge in [0.2, 0.25) is 0 Å². The van der Waals surface area contributed by atoms with Gasteiger partial charge in [0.15, 0.2) is 6.23 Å². The van der Waals surface area contributed by atoms with Crippen molar-refractivity contribution in [3.63, 3.8) is 0 Å². The summed E-state index contributed by atoms with van der Waals surface area (Å²) < 4.78 is 5.21. The van der Waals surface area contributed by atoms with Crippen molar-refractivity contribution in [3.8, 4) is 0 Å². The van der Waals surface area contributed by atoms with Gasteiger partial charge in [0.05, 0.1) is 5.56 Å². The molecule has 1 N–H and O–H groups in total. The highest BCUT2D eigenvalue weighted by atomic mass is 16.5. The van der Waals surface area contributed by atoms with Gasteiger partial charge in [0, 0.05) is 12.7 Å². The summed E-state index contributed by atoms with van der Waals surface area (Å²) in [6.07, 6.45) is -0.280. The Balaban J connectivity index is 2.66. The van der Waals surface area contributed by atoms with Crippen LogP contribution in [0.25, 0.3) is 0 Å². The number of aryl methyl sites for hydroxylation is 2. The Kier molecular flexibility index (Phi) is 2.04. The second-order valence-corrected chi connectivity index (χ2v) is 3.58. The Bertz CT molecular complexity index is 399. The van der Waals surface area contributed by atoms with Crippen LogP contribution in [0.3, 0.4) is 0 Å². The van der Waals surface area contributed by atoms with Crippen molar-refractivity contribution >= 4 is 5.91 Å². The molecule has 0 spiro atoms. The molecule has 3 heteroatoms. The highest BCUT2D eigenvalue weighted by molar-refractivity contribution is 6.00. The van der Waals surface area contributed by atoms with Crippen LogP contribution in [-0.2, 0) is 4.74 Å². The largest absolute Gasteiger partial charge is 0.357 e. The van der Waals surface area contributed by atoms with Gasteiger partial charge < -0.3 is 10.1 Å². The van der Waals surface area contributed by atoms with Gasteiger partial charge in [-0.3, -0.25) is 4.79 Å². The lowest BCUT2D eigenvalue weighted by atomic mass is 9.99. The van der Waals surface area contributed by atoms with Crippen LogP contribution >= 0.6 is 0 Å². The van der Waals surface area contributed by atoms with E-state index in [0.717, 1.165) is 22.3 Å². The van der Waals surface area contributed by atoms with Gasteiger partial charge in [0.25, 0.3) is 5.91 Å². The first kappa shape index (κ1) is 9.21. The topological polar surface area (TPSA) is 38.3 Å². The molecule has 74 valence electrons. The molecule has 2 rings (SSSR count). The van der Waals surface area contributed by atoms with Crippen LogP contribution in [0.15, 0.2) is 12.1 Å². The van der Waals surface area contributed by atoms with Crippen LogP contribution in [0.1, 0.15) is 33.3 Å². The Labute approximate surface area is 83.1 Å². The number of amides is 1. The smallest absolute Gasteiger partial charge is 0.254 e. The monoisotopic (exact) mass is 191 g/mol. The molecule has 1 aromatic rings. The van der Waals surface area contributed by atoms with E-state index in [-0.39, 0.29) is 12.1 Å². The fraction of sp³-hybridized carbons (Fsp3) is 0.364. The number of fused-ring (bicyclic) bond motifs is 1. The zero-order valence-corrected chi connectivity index (χ0v) is 8.55. The maximum Gasteiger partial charge on any atom is 0.254 e. The molecule has 0 saturated heterocycles. The molecule has 1 atom stereocenters. The summed E-state index contributed by atoms with van der Waals surface area (Å²) in [5.74, 6) is -0.0342. The lowest BCUT2D eigenvalue weighted by Gasteiger charge is -2.11. The minimum atomic E-state index is -0.280. The fourth-order valence-corrected chi connectivity index (χ4v) is 1.91. The van der Waals surface area contributed by atoms with Crippen molar-refractivity contribution in [3.05, 3.63) is 34.4 Å². The summed E-state index contributed by atoms with van der Waals surface area (Å²) in [6.45, 7) is 3.93. The molecule has 1 aromatic carbocycles. The van der Waals surface area contributed by atoms with E-state index in [9.17, 15) is 4.79 Å². The third-order valence-corrected chi connectivity index (χ3v) is 2.66. The molecule has 0 bridgehead atoms. The van der Waals surface area contributed by atoms with Gasteiger partial charge in [0.1, 0.15) is 0 Å². The molecular weight excluding hydrogens is 178 g/mol. The number of carbonyl (C=O) groups is 1. The van der Waals surface area contributed by atoms with Crippen molar-refractivity contribution in [1.82, 2.24) is 5.32 Å². The van der Waals surface area contributed by atoms with Gasteiger partial charge in [-0.1, -0.05) is 12.1 Å². The minimum Gasteiger partial charge on any atom is -0.357 e. The number of nitrogens with one attached hydrogen (secondary N) is 1. The van der Waals surface area contributed by atoms with Crippen LogP contribution in [0, 0.1) is 13.8 Å². The zero-order chi connectivity index (χ0) is 10.3. The number of hydrogen-bond donors (Lipinski definition) is 1. The summed E-state index contributed by atoms with van der Waals surface area (Å²) in [7, 11) is 1.60. The lowest BCUT2D eigenvalue weighted by molar-refractivity contribution is 0.0664. The van der Waals surface area contributed by atoms with Gasteiger partial charge in [-0.05, 0) is 25.0 Å². The predicted octanol–water partition coefficient (Wildman–Crippen LogP) is 1.69. The van der Waals surface area contributed by atoms with E-state index in [2.05, 4.69) is 5.32 Å². The number of hydrogen-bond acceptors (Lipinski definition) is 2. The predicted molar refractivity (Wildman–Crippen MR) is 53.1 cm³/mol. The van der Waals surface area contributed by atoms with E-state index in [4.69, 9.17) is 4.74 Å². The van der Waals surface area contributed by atoms with Crippen molar-refractivity contribution in [2.24, 2.45) is 0 Å². The van der Waals surface area contributed by atoms with Crippen LogP contribution in [0.4, 0.5) is 0 Å². The Morgan fingerprint density at radius 1 is 1.29 bits per heavy atom. The highest BCUT2D eigenvalue weighted by Crippen LogP contribution is 2.30.